The van der Waals surface area contributed by atoms with Crippen LogP contribution in [-0.2, 0) is 14.3 Å². The smallest absolute Gasteiger partial charge is 0.225 e. The molecule has 0 aromatic rings. The second kappa shape index (κ2) is 6.18. The maximum atomic E-state index is 12.0. The highest BCUT2D eigenvalue weighted by atomic mass is 16.5. The molecule has 5 nitrogen and oxygen atoms in total. The van der Waals surface area contributed by atoms with Crippen molar-refractivity contribution in [3.8, 4) is 0 Å². The van der Waals surface area contributed by atoms with E-state index in [1.165, 1.54) is 0 Å². The molecule has 2 aliphatic rings. The minimum Gasteiger partial charge on any atom is -0.362 e. The third kappa shape index (κ3) is 3.02. The number of carbonyl (C=O) groups is 2. The Balaban J connectivity index is 1.75. The molecule has 2 saturated heterocycles. The van der Waals surface area contributed by atoms with Gasteiger partial charge in [0, 0.05) is 39.6 Å². The van der Waals surface area contributed by atoms with E-state index in [0.717, 1.165) is 45.3 Å². The molecule has 1 atom stereocenters. The summed E-state index contributed by atoms with van der Waals surface area (Å²) in [6.45, 7) is 2.48. The standard InChI is InChI=1S/C13H22N2O3/c1-18-13-5-4-10-15(13)12(17)7-6-11(16)14-8-2-3-9-14/h13H,2-10H2,1H3. The molecule has 2 rings (SSSR count). The summed E-state index contributed by atoms with van der Waals surface area (Å²) < 4.78 is 5.26. The number of nitrogens with zero attached hydrogens (tertiary/aromatic N) is 2. The number of methoxy groups -OCH3 is 1. The lowest BCUT2D eigenvalue weighted by molar-refractivity contribution is -0.142. The monoisotopic (exact) mass is 254 g/mol. The van der Waals surface area contributed by atoms with Gasteiger partial charge in [-0.3, -0.25) is 9.59 Å². The summed E-state index contributed by atoms with van der Waals surface area (Å²) in [6.07, 6.45) is 4.65. The van der Waals surface area contributed by atoms with Crippen molar-refractivity contribution >= 4 is 11.8 Å². The molecule has 2 fully saturated rings. The van der Waals surface area contributed by atoms with E-state index in [-0.39, 0.29) is 18.0 Å². The van der Waals surface area contributed by atoms with Crippen molar-refractivity contribution in [1.82, 2.24) is 9.80 Å². The molecule has 102 valence electrons. The van der Waals surface area contributed by atoms with E-state index >= 15 is 0 Å². The van der Waals surface area contributed by atoms with E-state index in [9.17, 15) is 9.59 Å². The highest BCUT2D eigenvalue weighted by molar-refractivity contribution is 5.84. The fraction of sp³-hybridized carbons (Fsp3) is 0.846. The largest absolute Gasteiger partial charge is 0.362 e. The molecule has 0 spiro atoms. The van der Waals surface area contributed by atoms with Crippen LogP contribution in [0.25, 0.3) is 0 Å². The van der Waals surface area contributed by atoms with Gasteiger partial charge in [-0.25, -0.2) is 0 Å². The quantitative estimate of drug-likeness (QED) is 0.751. The van der Waals surface area contributed by atoms with Crippen molar-refractivity contribution in [2.24, 2.45) is 0 Å². The van der Waals surface area contributed by atoms with Crippen LogP contribution < -0.4 is 0 Å². The van der Waals surface area contributed by atoms with Crippen molar-refractivity contribution < 1.29 is 14.3 Å². The van der Waals surface area contributed by atoms with E-state index in [2.05, 4.69) is 0 Å². The van der Waals surface area contributed by atoms with Gasteiger partial charge >= 0.3 is 0 Å². The Morgan fingerprint density at radius 3 is 2.39 bits per heavy atom. The van der Waals surface area contributed by atoms with Gasteiger partial charge in [0.25, 0.3) is 0 Å². The zero-order valence-corrected chi connectivity index (χ0v) is 11.1. The Hall–Kier alpha value is -1.10. The van der Waals surface area contributed by atoms with Gasteiger partial charge in [0.1, 0.15) is 6.23 Å². The van der Waals surface area contributed by atoms with E-state index in [1.807, 2.05) is 4.90 Å². The van der Waals surface area contributed by atoms with E-state index in [4.69, 9.17) is 4.74 Å². The Bertz CT molecular complexity index is 313. The second-order valence-corrected chi connectivity index (χ2v) is 5.01. The lowest BCUT2D eigenvalue weighted by Gasteiger charge is -2.23. The molecule has 0 aromatic heterocycles. The van der Waals surface area contributed by atoms with E-state index < -0.39 is 0 Å². The number of amides is 2. The zero-order chi connectivity index (χ0) is 13.0. The van der Waals surface area contributed by atoms with Gasteiger partial charge in [0.05, 0.1) is 0 Å². The van der Waals surface area contributed by atoms with Gasteiger partial charge < -0.3 is 14.5 Å². The maximum Gasteiger partial charge on any atom is 0.225 e. The molecule has 5 heteroatoms. The minimum atomic E-state index is -0.0839. The van der Waals surface area contributed by atoms with Crippen molar-refractivity contribution in [2.75, 3.05) is 26.7 Å². The summed E-state index contributed by atoms with van der Waals surface area (Å²) in [7, 11) is 1.63. The molecule has 1 unspecified atom stereocenters. The van der Waals surface area contributed by atoms with Crippen LogP contribution in [-0.4, -0.2) is 54.6 Å². The molecule has 0 N–H and O–H groups in total. The Labute approximate surface area is 108 Å². The first kappa shape index (κ1) is 13.3. The molecule has 0 aromatic carbocycles. The third-order valence-corrected chi connectivity index (χ3v) is 3.80. The number of hydrogen-bond acceptors (Lipinski definition) is 3. The summed E-state index contributed by atoms with van der Waals surface area (Å²) in [6, 6.07) is 0. The molecule has 0 saturated carbocycles. The summed E-state index contributed by atoms with van der Waals surface area (Å²) in [5.74, 6) is 0.168. The molecular weight excluding hydrogens is 232 g/mol. The summed E-state index contributed by atoms with van der Waals surface area (Å²) in [5, 5.41) is 0. The Morgan fingerprint density at radius 1 is 1.06 bits per heavy atom. The maximum absolute atomic E-state index is 12.0. The molecule has 0 aliphatic carbocycles. The van der Waals surface area contributed by atoms with Crippen LogP contribution in [0.4, 0.5) is 0 Å². The van der Waals surface area contributed by atoms with Crippen molar-refractivity contribution in [3.63, 3.8) is 0 Å². The molecule has 18 heavy (non-hydrogen) atoms. The number of rotatable bonds is 4. The zero-order valence-electron chi connectivity index (χ0n) is 11.1. The van der Waals surface area contributed by atoms with Crippen LogP contribution >= 0.6 is 0 Å². The molecule has 0 bridgehead atoms. The van der Waals surface area contributed by atoms with E-state index in [0.29, 0.717) is 12.8 Å². The summed E-state index contributed by atoms with van der Waals surface area (Å²) in [4.78, 5) is 27.5. The lowest BCUT2D eigenvalue weighted by atomic mass is 10.2. The fourth-order valence-corrected chi connectivity index (χ4v) is 2.75. The molecular formula is C13H22N2O3. The van der Waals surface area contributed by atoms with Gasteiger partial charge in [0.2, 0.25) is 11.8 Å². The predicted molar refractivity (Wildman–Crippen MR) is 66.8 cm³/mol. The SMILES string of the molecule is COC1CCCN1C(=O)CCC(=O)N1CCCC1. The number of ether oxygens (including phenoxy) is 1. The van der Waals surface area contributed by atoms with Gasteiger partial charge in [-0.15, -0.1) is 0 Å². The number of hydrogen-bond donors (Lipinski definition) is 0. The lowest BCUT2D eigenvalue weighted by Crippen LogP contribution is -2.37. The molecule has 2 aliphatic heterocycles. The van der Waals surface area contributed by atoms with E-state index in [1.54, 1.807) is 12.0 Å². The average molecular weight is 254 g/mol. The van der Waals surface area contributed by atoms with Crippen molar-refractivity contribution in [2.45, 2.75) is 44.8 Å². The number of likely N-dealkylation sites (tertiary alicyclic amines) is 2. The first-order chi connectivity index (χ1) is 8.72. The van der Waals surface area contributed by atoms with Crippen LogP contribution in [0.1, 0.15) is 38.5 Å². The van der Waals surface area contributed by atoms with Gasteiger partial charge in [-0.1, -0.05) is 0 Å². The van der Waals surface area contributed by atoms with Crippen molar-refractivity contribution in [3.05, 3.63) is 0 Å². The average Bonchev–Trinajstić information content (AvgIpc) is 3.04. The first-order valence-corrected chi connectivity index (χ1v) is 6.82. The van der Waals surface area contributed by atoms with Crippen LogP contribution in [0.5, 0.6) is 0 Å². The van der Waals surface area contributed by atoms with Gasteiger partial charge in [0.15, 0.2) is 0 Å². The molecule has 2 heterocycles. The summed E-state index contributed by atoms with van der Waals surface area (Å²) in [5.41, 5.74) is 0. The van der Waals surface area contributed by atoms with Crippen LogP contribution in [0.3, 0.4) is 0 Å². The minimum absolute atomic E-state index is 0.0481. The van der Waals surface area contributed by atoms with Gasteiger partial charge in [-0.05, 0) is 25.7 Å². The topological polar surface area (TPSA) is 49.9 Å². The molecule has 0 radical (unpaired) electrons. The Morgan fingerprint density at radius 2 is 1.72 bits per heavy atom. The predicted octanol–water partition coefficient (Wildman–Crippen LogP) is 0.984. The highest BCUT2D eigenvalue weighted by Crippen LogP contribution is 2.19. The molecule has 2 amide bonds. The Kier molecular flexibility index (Phi) is 4.58. The normalized spacial score (nSPS) is 23.7. The van der Waals surface area contributed by atoms with Crippen LogP contribution in [0.15, 0.2) is 0 Å². The summed E-state index contributed by atoms with van der Waals surface area (Å²) >= 11 is 0. The van der Waals surface area contributed by atoms with Crippen molar-refractivity contribution in [1.29, 1.82) is 0 Å². The van der Waals surface area contributed by atoms with Crippen LogP contribution in [0, 0.1) is 0 Å². The van der Waals surface area contributed by atoms with Gasteiger partial charge in [-0.2, -0.15) is 0 Å². The number of carbonyl (C=O) groups excluding carboxylic acids is 2. The first-order valence-electron chi connectivity index (χ1n) is 6.82. The highest BCUT2D eigenvalue weighted by Gasteiger charge is 2.29. The fourth-order valence-electron chi connectivity index (χ4n) is 2.75. The second-order valence-electron chi connectivity index (χ2n) is 5.01. The third-order valence-electron chi connectivity index (χ3n) is 3.80. The van der Waals surface area contributed by atoms with Crippen LogP contribution in [0.2, 0.25) is 0 Å².